The average molecular weight is 410 g/mol. The molecule has 1 aliphatic rings. The van der Waals surface area contributed by atoms with Gasteiger partial charge in [0.1, 0.15) is 12.6 Å². The van der Waals surface area contributed by atoms with Crippen LogP contribution in [0.25, 0.3) is 0 Å². The molecule has 134 valence electrons. The van der Waals surface area contributed by atoms with E-state index in [1.807, 2.05) is 0 Å². The molecule has 0 radical (unpaired) electrons. The van der Waals surface area contributed by atoms with Crippen LogP contribution in [-0.2, 0) is 14.4 Å². The number of hydrogen-bond donors (Lipinski definition) is 1. The van der Waals surface area contributed by atoms with Gasteiger partial charge in [0, 0.05) is 10.0 Å². The fourth-order valence-electron chi connectivity index (χ4n) is 2.84. The van der Waals surface area contributed by atoms with Crippen molar-refractivity contribution in [3.8, 4) is 0 Å². The van der Waals surface area contributed by atoms with Crippen LogP contribution in [0.3, 0.4) is 0 Å². The van der Waals surface area contributed by atoms with Crippen LogP contribution in [-0.4, -0.2) is 59.0 Å². The van der Waals surface area contributed by atoms with Crippen LogP contribution in [0.15, 0.2) is 28.7 Å². The van der Waals surface area contributed by atoms with Gasteiger partial charge in [0.2, 0.25) is 17.7 Å². The molecule has 1 saturated heterocycles. The third kappa shape index (κ3) is 4.45. The maximum atomic E-state index is 12.6. The van der Waals surface area contributed by atoms with E-state index in [4.69, 9.17) is 5.73 Å². The number of piperazine rings is 1. The Hall–Kier alpha value is -2.22. The van der Waals surface area contributed by atoms with Crippen molar-refractivity contribution < 1.29 is 19.2 Å². The summed E-state index contributed by atoms with van der Waals surface area (Å²) in [6, 6.07) is 6.01. The van der Waals surface area contributed by atoms with Crippen molar-refractivity contribution in [3.63, 3.8) is 0 Å². The van der Waals surface area contributed by atoms with Crippen molar-refractivity contribution in [1.82, 2.24) is 9.80 Å². The lowest BCUT2D eigenvalue weighted by Crippen LogP contribution is -2.63. The highest BCUT2D eigenvalue weighted by molar-refractivity contribution is 9.10. The molecule has 2 rings (SSSR count). The summed E-state index contributed by atoms with van der Waals surface area (Å²) in [5.74, 6) is -1.86. The summed E-state index contributed by atoms with van der Waals surface area (Å²) in [5, 5.41) is 0. The molecule has 1 aliphatic heterocycles. The summed E-state index contributed by atoms with van der Waals surface area (Å²) < 4.78 is 0.843. The molecule has 25 heavy (non-hydrogen) atoms. The van der Waals surface area contributed by atoms with Crippen molar-refractivity contribution in [2.75, 3.05) is 19.6 Å². The first-order valence-corrected chi connectivity index (χ1v) is 8.65. The van der Waals surface area contributed by atoms with Gasteiger partial charge in [-0.15, -0.1) is 0 Å². The SMILES string of the molecule is CC(C)C1C(=O)N(CC(N)=O)CC(=O)N1CC(=O)c1ccc(Br)cc1. The van der Waals surface area contributed by atoms with E-state index in [2.05, 4.69) is 15.9 Å². The minimum atomic E-state index is -0.792. The lowest BCUT2D eigenvalue weighted by atomic mass is 9.97. The summed E-state index contributed by atoms with van der Waals surface area (Å²) in [6.07, 6.45) is 0. The van der Waals surface area contributed by atoms with E-state index in [9.17, 15) is 19.2 Å². The van der Waals surface area contributed by atoms with Crippen LogP contribution >= 0.6 is 15.9 Å². The predicted molar refractivity (Wildman–Crippen MR) is 94.6 cm³/mol. The van der Waals surface area contributed by atoms with Crippen LogP contribution in [0, 0.1) is 5.92 Å². The fraction of sp³-hybridized carbons (Fsp3) is 0.412. The Morgan fingerprint density at radius 2 is 1.80 bits per heavy atom. The Morgan fingerprint density at radius 1 is 1.20 bits per heavy atom. The number of benzene rings is 1. The smallest absolute Gasteiger partial charge is 0.246 e. The van der Waals surface area contributed by atoms with E-state index in [0.29, 0.717) is 5.56 Å². The molecule has 1 heterocycles. The number of rotatable bonds is 6. The van der Waals surface area contributed by atoms with Gasteiger partial charge in [-0.1, -0.05) is 41.9 Å². The lowest BCUT2D eigenvalue weighted by Gasteiger charge is -2.41. The number of nitrogens with two attached hydrogens (primary N) is 1. The Balaban J connectivity index is 2.21. The second-order valence-electron chi connectivity index (χ2n) is 6.30. The molecule has 2 N–H and O–H groups in total. The van der Waals surface area contributed by atoms with Gasteiger partial charge in [0.25, 0.3) is 0 Å². The number of hydrogen-bond acceptors (Lipinski definition) is 4. The Kier molecular flexibility index (Phi) is 5.94. The normalized spacial score (nSPS) is 18.0. The molecule has 1 unspecified atom stereocenters. The first kappa shape index (κ1) is 19.1. The number of halogens is 1. The van der Waals surface area contributed by atoms with Gasteiger partial charge in [-0.05, 0) is 18.1 Å². The standard InChI is InChI=1S/C17H20BrN3O4/c1-10(2)16-17(25)20(8-14(19)23)9-15(24)21(16)7-13(22)11-3-5-12(18)6-4-11/h3-6,10,16H,7-9H2,1-2H3,(H2,19,23). The van der Waals surface area contributed by atoms with Crippen LogP contribution < -0.4 is 5.73 Å². The van der Waals surface area contributed by atoms with E-state index in [1.165, 1.54) is 4.90 Å². The first-order valence-electron chi connectivity index (χ1n) is 7.86. The number of nitrogens with zero attached hydrogens (tertiary/aromatic N) is 2. The van der Waals surface area contributed by atoms with Gasteiger partial charge in [-0.25, -0.2) is 0 Å². The zero-order chi connectivity index (χ0) is 18.7. The van der Waals surface area contributed by atoms with Crippen molar-refractivity contribution in [2.24, 2.45) is 11.7 Å². The van der Waals surface area contributed by atoms with Crippen molar-refractivity contribution in [2.45, 2.75) is 19.9 Å². The predicted octanol–water partition coefficient (Wildman–Crippen LogP) is 0.812. The summed E-state index contributed by atoms with van der Waals surface area (Å²) in [4.78, 5) is 51.2. The van der Waals surface area contributed by atoms with Crippen LogP contribution in [0.4, 0.5) is 0 Å². The average Bonchev–Trinajstić information content (AvgIpc) is 2.52. The van der Waals surface area contributed by atoms with Crippen molar-refractivity contribution >= 4 is 39.4 Å². The molecule has 0 bridgehead atoms. The van der Waals surface area contributed by atoms with Gasteiger partial charge in [0.05, 0.1) is 13.1 Å². The molecule has 1 aromatic carbocycles. The zero-order valence-corrected chi connectivity index (χ0v) is 15.7. The van der Waals surface area contributed by atoms with E-state index >= 15 is 0 Å². The van der Waals surface area contributed by atoms with Gasteiger partial charge in [-0.3, -0.25) is 19.2 Å². The molecule has 1 atom stereocenters. The highest BCUT2D eigenvalue weighted by atomic mass is 79.9. The largest absolute Gasteiger partial charge is 0.368 e. The topological polar surface area (TPSA) is 101 Å². The zero-order valence-electron chi connectivity index (χ0n) is 14.1. The van der Waals surface area contributed by atoms with Gasteiger partial charge >= 0.3 is 0 Å². The molecule has 0 aliphatic carbocycles. The summed E-state index contributed by atoms with van der Waals surface area (Å²) in [7, 11) is 0. The molecular formula is C17H20BrN3O4. The molecule has 0 saturated carbocycles. The minimum Gasteiger partial charge on any atom is -0.368 e. The summed E-state index contributed by atoms with van der Waals surface area (Å²) in [6.45, 7) is 2.85. The van der Waals surface area contributed by atoms with Gasteiger partial charge < -0.3 is 15.5 Å². The number of amides is 3. The quantitative estimate of drug-likeness (QED) is 0.702. The maximum Gasteiger partial charge on any atom is 0.246 e. The molecule has 1 fully saturated rings. The number of primary amides is 1. The monoisotopic (exact) mass is 409 g/mol. The van der Waals surface area contributed by atoms with E-state index in [1.54, 1.807) is 38.1 Å². The highest BCUT2D eigenvalue weighted by Gasteiger charge is 2.42. The maximum absolute atomic E-state index is 12.6. The van der Waals surface area contributed by atoms with Crippen LogP contribution in [0.5, 0.6) is 0 Å². The molecule has 8 heteroatoms. The molecule has 0 aromatic heterocycles. The highest BCUT2D eigenvalue weighted by Crippen LogP contribution is 2.20. The summed E-state index contributed by atoms with van der Waals surface area (Å²) >= 11 is 3.30. The molecule has 0 spiro atoms. The number of carbonyl (C=O) groups excluding carboxylic acids is 4. The molecule has 7 nitrogen and oxygen atoms in total. The van der Waals surface area contributed by atoms with Gasteiger partial charge in [0.15, 0.2) is 5.78 Å². The first-order chi connectivity index (χ1) is 11.7. The Morgan fingerprint density at radius 3 is 2.32 bits per heavy atom. The second-order valence-corrected chi connectivity index (χ2v) is 7.22. The van der Waals surface area contributed by atoms with Crippen molar-refractivity contribution in [1.29, 1.82) is 0 Å². The molecule has 3 amide bonds. The minimum absolute atomic E-state index is 0.181. The Bertz CT molecular complexity index is 702. The van der Waals surface area contributed by atoms with Gasteiger partial charge in [-0.2, -0.15) is 0 Å². The Labute approximate surface area is 154 Å². The van der Waals surface area contributed by atoms with E-state index in [-0.39, 0.29) is 43.1 Å². The number of carbonyl (C=O) groups is 4. The lowest BCUT2D eigenvalue weighted by molar-refractivity contribution is -0.158. The molecular weight excluding hydrogens is 390 g/mol. The summed E-state index contributed by atoms with van der Waals surface area (Å²) in [5.41, 5.74) is 5.60. The molecule has 1 aromatic rings. The fourth-order valence-corrected chi connectivity index (χ4v) is 3.11. The third-order valence-electron chi connectivity index (χ3n) is 4.01. The van der Waals surface area contributed by atoms with Crippen molar-refractivity contribution in [3.05, 3.63) is 34.3 Å². The van der Waals surface area contributed by atoms with Crippen LogP contribution in [0.2, 0.25) is 0 Å². The van der Waals surface area contributed by atoms with Crippen LogP contribution in [0.1, 0.15) is 24.2 Å². The number of ketones is 1. The van der Waals surface area contributed by atoms with E-state index < -0.39 is 11.9 Å². The second kappa shape index (κ2) is 7.77. The third-order valence-corrected chi connectivity index (χ3v) is 4.53. The number of Topliss-reactive ketones (excluding diaryl/α,β-unsaturated/α-hetero) is 1. The van der Waals surface area contributed by atoms with E-state index in [0.717, 1.165) is 9.37 Å².